The molecule has 2 aromatic carbocycles. The maximum Gasteiger partial charge on any atom is 0.123 e. The van der Waals surface area contributed by atoms with Gasteiger partial charge in [0.25, 0.3) is 0 Å². The van der Waals surface area contributed by atoms with Crippen LogP contribution in [0.4, 0.5) is 0 Å². The van der Waals surface area contributed by atoms with Crippen LogP contribution in [-0.4, -0.2) is 61.4 Å². The second kappa shape index (κ2) is 9.92. The van der Waals surface area contributed by atoms with Gasteiger partial charge >= 0.3 is 0 Å². The molecule has 5 heteroatoms. The Morgan fingerprint density at radius 2 is 1.79 bits per heavy atom. The van der Waals surface area contributed by atoms with Crippen LogP contribution >= 0.6 is 0 Å². The summed E-state index contributed by atoms with van der Waals surface area (Å²) in [5.74, 6) is 1.87. The SMILES string of the molecule is COc1ccc(CN2CCN(Cc3ccccc3OC)C[C@H]2CCO)cc1C. The van der Waals surface area contributed by atoms with Crippen LogP contribution in [0.5, 0.6) is 11.5 Å². The van der Waals surface area contributed by atoms with Crippen molar-refractivity contribution in [1.82, 2.24) is 9.80 Å². The topological polar surface area (TPSA) is 45.2 Å². The molecule has 0 aliphatic carbocycles. The average molecular weight is 385 g/mol. The lowest BCUT2D eigenvalue weighted by Gasteiger charge is -2.41. The van der Waals surface area contributed by atoms with Crippen molar-refractivity contribution in [3.8, 4) is 11.5 Å². The van der Waals surface area contributed by atoms with Gasteiger partial charge in [0.05, 0.1) is 14.2 Å². The second-order valence-electron chi connectivity index (χ2n) is 7.49. The van der Waals surface area contributed by atoms with Crippen LogP contribution in [0, 0.1) is 6.92 Å². The number of aliphatic hydroxyl groups is 1. The van der Waals surface area contributed by atoms with E-state index in [1.807, 2.05) is 18.2 Å². The van der Waals surface area contributed by atoms with E-state index in [0.717, 1.165) is 56.2 Å². The summed E-state index contributed by atoms with van der Waals surface area (Å²) in [6, 6.07) is 14.9. The molecule has 1 N–H and O–H groups in total. The Hall–Kier alpha value is -2.08. The van der Waals surface area contributed by atoms with Crippen molar-refractivity contribution in [3.05, 3.63) is 59.2 Å². The van der Waals surface area contributed by atoms with Crippen LogP contribution in [0.2, 0.25) is 0 Å². The van der Waals surface area contributed by atoms with E-state index in [1.54, 1.807) is 14.2 Å². The Labute approximate surface area is 168 Å². The number of rotatable bonds is 8. The predicted octanol–water partition coefficient (Wildman–Crippen LogP) is 3.08. The first-order chi connectivity index (χ1) is 13.6. The first-order valence-corrected chi connectivity index (χ1v) is 9.97. The molecule has 0 saturated carbocycles. The van der Waals surface area contributed by atoms with Crippen LogP contribution in [0.15, 0.2) is 42.5 Å². The van der Waals surface area contributed by atoms with Crippen molar-refractivity contribution < 1.29 is 14.6 Å². The van der Waals surface area contributed by atoms with Gasteiger partial charge in [-0.25, -0.2) is 0 Å². The van der Waals surface area contributed by atoms with Crippen LogP contribution in [-0.2, 0) is 13.1 Å². The van der Waals surface area contributed by atoms with Crippen molar-refractivity contribution in [2.24, 2.45) is 0 Å². The summed E-state index contributed by atoms with van der Waals surface area (Å²) in [6.07, 6.45) is 0.789. The summed E-state index contributed by atoms with van der Waals surface area (Å²) in [6.45, 7) is 7.03. The standard InChI is InChI=1S/C23H32N2O3/c1-18-14-19(8-9-22(18)27-2)15-25-12-11-24(17-21(25)10-13-26)16-20-6-4-5-7-23(20)28-3/h4-9,14,21,26H,10-13,15-17H2,1-3H3/t21-/m1/s1. The van der Waals surface area contributed by atoms with Gasteiger partial charge in [-0.1, -0.05) is 30.3 Å². The number of hydrogen-bond acceptors (Lipinski definition) is 5. The fourth-order valence-corrected chi connectivity index (χ4v) is 4.08. The van der Waals surface area contributed by atoms with Gasteiger partial charge in [-0.3, -0.25) is 9.80 Å². The van der Waals surface area contributed by atoms with Crippen molar-refractivity contribution in [1.29, 1.82) is 0 Å². The highest BCUT2D eigenvalue weighted by atomic mass is 16.5. The lowest BCUT2D eigenvalue weighted by atomic mass is 10.0. The quantitative estimate of drug-likeness (QED) is 0.758. The highest BCUT2D eigenvalue weighted by Gasteiger charge is 2.27. The molecule has 28 heavy (non-hydrogen) atoms. The number of ether oxygens (including phenoxy) is 2. The molecule has 0 radical (unpaired) electrons. The van der Waals surface area contributed by atoms with E-state index in [1.165, 1.54) is 11.1 Å². The fourth-order valence-electron chi connectivity index (χ4n) is 4.08. The van der Waals surface area contributed by atoms with Gasteiger partial charge in [0, 0.05) is 50.9 Å². The molecule has 0 aromatic heterocycles. The van der Waals surface area contributed by atoms with E-state index < -0.39 is 0 Å². The largest absolute Gasteiger partial charge is 0.496 e. The molecule has 0 bridgehead atoms. The third kappa shape index (κ3) is 5.04. The Bertz CT molecular complexity index is 765. The molecule has 5 nitrogen and oxygen atoms in total. The summed E-state index contributed by atoms with van der Waals surface area (Å²) in [5, 5.41) is 9.59. The van der Waals surface area contributed by atoms with E-state index in [4.69, 9.17) is 9.47 Å². The van der Waals surface area contributed by atoms with E-state index >= 15 is 0 Å². The molecule has 1 saturated heterocycles. The number of methoxy groups -OCH3 is 2. The molecular weight excluding hydrogens is 352 g/mol. The van der Waals surface area contributed by atoms with Gasteiger partial charge in [-0.05, 0) is 36.6 Å². The molecule has 2 aromatic rings. The monoisotopic (exact) mass is 384 g/mol. The zero-order valence-electron chi connectivity index (χ0n) is 17.2. The van der Waals surface area contributed by atoms with Gasteiger partial charge in [-0.2, -0.15) is 0 Å². The van der Waals surface area contributed by atoms with Gasteiger partial charge in [0.1, 0.15) is 11.5 Å². The normalized spacial score (nSPS) is 18.2. The molecule has 0 unspecified atom stereocenters. The number of hydrogen-bond donors (Lipinski definition) is 1. The maximum absolute atomic E-state index is 9.59. The second-order valence-corrected chi connectivity index (χ2v) is 7.49. The van der Waals surface area contributed by atoms with Gasteiger partial charge in [-0.15, -0.1) is 0 Å². The highest BCUT2D eigenvalue weighted by molar-refractivity contribution is 5.36. The minimum Gasteiger partial charge on any atom is -0.496 e. The van der Waals surface area contributed by atoms with Crippen LogP contribution in [0.3, 0.4) is 0 Å². The van der Waals surface area contributed by atoms with Crippen molar-refractivity contribution in [2.45, 2.75) is 32.5 Å². The smallest absolute Gasteiger partial charge is 0.123 e. The van der Waals surface area contributed by atoms with Gasteiger partial charge in [0.15, 0.2) is 0 Å². The lowest BCUT2D eigenvalue weighted by molar-refractivity contribution is 0.0496. The van der Waals surface area contributed by atoms with Crippen molar-refractivity contribution >= 4 is 0 Å². The third-order valence-electron chi connectivity index (χ3n) is 5.58. The molecular formula is C23H32N2O3. The molecule has 0 spiro atoms. The Morgan fingerprint density at radius 1 is 1.00 bits per heavy atom. The zero-order chi connectivity index (χ0) is 19.9. The van der Waals surface area contributed by atoms with Crippen molar-refractivity contribution in [3.63, 3.8) is 0 Å². The summed E-state index contributed by atoms with van der Waals surface area (Å²) in [7, 11) is 3.43. The zero-order valence-corrected chi connectivity index (χ0v) is 17.2. The summed E-state index contributed by atoms with van der Waals surface area (Å²) >= 11 is 0. The van der Waals surface area contributed by atoms with E-state index in [-0.39, 0.29) is 6.61 Å². The van der Waals surface area contributed by atoms with Crippen LogP contribution < -0.4 is 9.47 Å². The van der Waals surface area contributed by atoms with Crippen molar-refractivity contribution in [2.75, 3.05) is 40.5 Å². The minimum absolute atomic E-state index is 0.214. The number of para-hydroxylation sites is 1. The first-order valence-electron chi connectivity index (χ1n) is 9.97. The average Bonchev–Trinajstić information content (AvgIpc) is 2.71. The van der Waals surface area contributed by atoms with E-state index in [0.29, 0.717) is 6.04 Å². The van der Waals surface area contributed by atoms with E-state index in [2.05, 4.69) is 41.0 Å². The third-order valence-corrected chi connectivity index (χ3v) is 5.58. The molecule has 1 atom stereocenters. The Balaban J connectivity index is 1.66. The molecule has 152 valence electrons. The molecule has 3 rings (SSSR count). The molecule has 1 heterocycles. The Morgan fingerprint density at radius 3 is 2.50 bits per heavy atom. The number of aryl methyl sites for hydroxylation is 1. The van der Waals surface area contributed by atoms with Gasteiger partial charge in [0.2, 0.25) is 0 Å². The summed E-state index contributed by atoms with van der Waals surface area (Å²) in [4.78, 5) is 4.96. The molecule has 1 aliphatic heterocycles. The van der Waals surface area contributed by atoms with Crippen LogP contribution in [0.1, 0.15) is 23.1 Å². The summed E-state index contributed by atoms with van der Waals surface area (Å²) in [5.41, 5.74) is 3.67. The number of benzene rings is 2. The van der Waals surface area contributed by atoms with Gasteiger partial charge < -0.3 is 14.6 Å². The fraction of sp³-hybridized carbons (Fsp3) is 0.478. The highest BCUT2D eigenvalue weighted by Crippen LogP contribution is 2.24. The molecule has 1 aliphatic rings. The summed E-state index contributed by atoms with van der Waals surface area (Å²) < 4.78 is 10.9. The van der Waals surface area contributed by atoms with E-state index in [9.17, 15) is 5.11 Å². The van der Waals surface area contributed by atoms with Crippen LogP contribution in [0.25, 0.3) is 0 Å². The lowest BCUT2D eigenvalue weighted by Crippen LogP contribution is -2.52. The molecule has 0 amide bonds. The number of aliphatic hydroxyl groups excluding tert-OH is 1. The number of nitrogens with zero attached hydrogens (tertiary/aromatic N) is 2. The Kier molecular flexibility index (Phi) is 7.31. The maximum atomic E-state index is 9.59. The first kappa shape index (κ1) is 20.6. The molecule has 1 fully saturated rings. The predicted molar refractivity (Wildman–Crippen MR) is 112 cm³/mol. The number of piperazine rings is 1. The minimum atomic E-state index is 0.214.